The Kier molecular flexibility index (Phi) is 4.95. The van der Waals surface area contributed by atoms with E-state index in [1.165, 1.54) is 0 Å². The van der Waals surface area contributed by atoms with Crippen LogP contribution in [0.3, 0.4) is 0 Å². The van der Waals surface area contributed by atoms with Crippen LogP contribution in [0.25, 0.3) is 0 Å². The SMILES string of the molecule is CC(C)C(=O)N1CCCN(CC(C)(C)O)CC1. The van der Waals surface area contributed by atoms with E-state index in [9.17, 15) is 9.90 Å². The Morgan fingerprint density at radius 2 is 1.88 bits per heavy atom. The molecule has 0 spiro atoms. The molecule has 4 nitrogen and oxygen atoms in total. The van der Waals surface area contributed by atoms with Gasteiger partial charge in [0.1, 0.15) is 0 Å². The number of carbonyl (C=O) groups excluding carboxylic acids is 1. The van der Waals surface area contributed by atoms with E-state index in [1.54, 1.807) is 0 Å². The number of β-amino-alcohol motifs (C(OH)–C–C–N with tert-alkyl or cyclic N) is 1. The Labute approximate surface area is 105 Å². The first-order valence-electron chi connectivity index (χ1n) is 6.53. The third kappa shape index (κ3) is 5.04. The van der Waals surface area contributed by atoms with Gasteiger partial charge in [0.25, 0.3) is 0 Å². The van der Waals surface area contributed by atoms with Gasteiger partial charge in [-0.05, 0) is 20.3 Å². The van der Waals surface area contributed by atoms with Crippen LogP contribution in [-0.2, 0) is 4.79 Å². The van der Waals surface area contributed by atoms with Crippen LogP contribution in [0, 0.1) is 5.92 Å². The molecule has 1 heterocycles. The zero-order chi connectivity index (χ0) is 13.1. The largest absolute Gasteiger partial charge is 0.389 e. The molecule has 0 saturated carbocycles. The number of hydrogen-bond donors (Lipinski definition) is 1. The molecule has 1 rings (SSSR count). The molecule has 1 fully saturated rings. The van der Waals surface area contributed by atoms with Gasteiger partial charge in [0, 0.05) is 38.6 Å². The summed E-state index contributed by atoms with van der Waals surface area (Å²) < 4.78 is 0. The molecule has 0 aromatic heterocycles. The highest BCUT2D eigenvalue weighted by Crippen LogP contribution is 2.11. The zero-order valence-electron chi connectivity index (χ0n) is 11.6. The van der Waals surface area contributed by atoms with Crippen LogP contribution in [0.2, 0.25) is 0 Å². The number of rotatable bonds is 3. The third-order valence-corrected chi connectivity index (χ3v) is 3.00. The van der Waals surface area contributed by atoms with Crippen molar-refractivity contribution in [2.75, 3.05) is 32.7 Å². The average Bonchev–Trinajstić information content (AvgIpc) is 2.39. The molecule has 1 N–H and O–H groups in total. The predicted octanol–water partition coefficient (Wildman–Crippen LogP) is 0.948. The maximum absolute atomic E-state index is 11.9. The molecule has 1 aliphatic rings. The Morgan fingerprint density at radius 1 is 1.24 bits per heavy atom. The summed E-state index contributed by atoms with van der Waals surface area (Å²) in [6.07, 6.45) is 0.995. The van der Waals surface area contributed by atoms with Crippen LogP contribution in [0.4, 0.5) is 0 Å². The van der Waals surface area contributed by atoms with E-state index >= 15 is 0 Å². The van der Waals surface area contributed by atoms with Gasteiger partial charge in [0.15, 0.2) is 0 Å². The van der Waals surface area contributed by atoms with Crippen LogP contribution in [0.1, 0.15) is 34.1 Å². The zero-order valence-corrected chi connectivity index (χ0v) is 11.6. The lowest BCUT2D eigenvalue weighted by atomic mass is 10.1. The molecule has 0 atom stereocenters. The van der Waals surface area contributed by atoms with Crippen LogP contribution in [-0.4, -0.2) is 59.1 Å². The molecule has 1 amide bonds. The molecule has 1 aliphatic heterocycles. The summed E-state index contributed by atoms with van der Waals surface area (Å²) >= 11 is 0. The summed E-state index contributed by atoms with van der Waals surface area (Å²) in [7, 11) is 0. The van der Waals surface area contributed by atoms with E-state index in [4.69, 9.17) is 0 Å². The minimum Gasteiger partial charge on any atom is -0.389 e. The average molecular weight is 242 g/mol. The summed E-state index contributed by atoms with van der Waals surface area (Å²) in [5.74, 6) is 0.325. The van der Waals surface area contributed by atoms with Gasteiger partial charge in [-0.3, -0.25) is 9.69 Å². The van der Waals surface area contributed by atoms with Crippen molar-refractivity contribution in [2.45, 2.75) is 39.7 Å². The lowest BCUT2D eigenvalue weighted by Gasteiger charge is -2.28. The van der Waals surface area contributed by atoms with Gasteiger partial charge in [-0.15, -0.1) is 0 Å². The molecule has 0 aliphatic carbocycles. The Hall–Kier alpha value is -0.610. The van der Waals surface area contributed by atoms with E-state index in [0.29, 0.717) is 6.54 Å². The Balaban J connectivity index is 2.47. The van der Waals surface area contributed by atoms with Crippen molar-refractivity contribution in [3.63, 3.8) is 0 Å². The van der Waals surface area contributed by atoms with E-state index in [2.05, 4.69) is 4.90 Å². The van der Waals surface area contributed by atoms with Crippen LogP contribution in [0.5, 0.6) is 0 Å². The van der Waals surface area contributed by atoms with Crippen LogP contribution >= 0.6 is 0 Å². The second kappa shape index (κ2) is 5.83. The molecule has 0 bridgehead atoms. The minimum absolute atomic E-state index is 0.0795. The molecule has 0 aromatic carbocycles. The van der Waals surface area contributed by atoms with Crippen molar-refractivity contribution in [2.24, 2.45) is 5.92 Å². The Morgan fingerprint density at radius 3 is 2.41 bits per heavy atom. The monoisotopic (exact) mass is 242 g/mol. The highest BCUT2D eigenvalue weighted by atomic mass is 16.3. The number of aliphatic hydroxyl groups is 1. The summed E-state index contributed by atoms with van der Waals surface area (Å²) in [4.78, 5) is 16.1. The second-order valence-corrected chi connectivity index (χ2v) is 5.92. The molecule has 0 radical (unpaired) electrons. The van der Waals surface area contributed by atoms with Gasteiger partial charge < -0.3 is 10.0 Å². The molecular formula is C13H26N2O2. The molecule has 4 heteroatoms. The quantitative estimate of drug-likeness (QED) is 0.801. The summed E-state index contributed by atoms with van der Waals surface area (Å²) in [6.45, 7) is 11.7. The minimum atomic E-state index is -0.656. The molecular weight excluding hydrogens is 216 g/mol. The van der Waals surface area contributed by atoms with Gasteiger partial charge in [-0.1, -0.05) is 13.8 Å². The highest BCUT2D eigenvalue weighted by molar-refractivity contribution is 5.78. The lowest BCUT2D eigenvalue weighted by molar-refractivity contribution is -0.134. The molecule has 1 saturated heterocycles. The van der Waals surface area contributed by atoms with E-state index < -0.39 is 5.60 Å². The van der Waals surface area contributed by atoms with E-state index in [1.807, 2.05) is 32.6 Å². The summed E-state index contributed by atoms with van der Waals surface area (Å²) in [5.41, 5.74) is -0.656. The number of hydrogen-bond acceptors (Lipinski definition) is 3. The summed E-state index contributed by atoms with van der Waals surface area (Å²) in [5, 5.41) is 9.80. The van der Waals surface area contributed by atoms with Gasteiger partial charge in [0.2, 0.25) is 5.91 Å². The maximum atomic E-state index is 11.9. The van der Waals surface area contributed by atoms with Crippen molar-refractivity contribution in [1.82, 2.24) is 9.80 Å². The van der Waals surface area contributed by atoms with E-state index in [0.717, 1.165) is 32.6 Å². The predicted molar refractivity (Wildman–Crippen MR) is 68.8 cm³/mol. The maximum Gasteiger partial charge on any atom is 0.225 e. The fourth-order valence-electron chi connectivity index (χ4n) is 2.26. The van der Waals surface area contributed by atoms with Gasteiger partial charge in [-0.2, -0.15) is 0 Å². The van der Waals surface area contributed by atoms with Crippen molar-refractivity contribution < 1.29 is 9.90 Å². The topological polar surface area (TPSA) is 43.8 Å². The third-order valence-electron chi connectivity index (χ3n) is 3.00. The van der Waals surface area contributed by atoms with Crippen molar-refractivity contribution in [3.8, 4) is 0 Å². The van der Waals surface area contributed by atoms with Crippen LogP contribution < -0.4 is 0 Å². The first kappa shape index (κ1) is 14.5. The van der Waals surface area contributed by atoms with Crippen molar-refractivity contribution in [3.05, 3.63) is 0 Å². The first-order valence-corrected chi connectivity index (χ1v) is 6.53. The van der Waals surface area contributed by atoms with Gasteiger partial charge >= 0.3 is 0 Å². The highest BCUT2D eigenvalue weighted by Gasteiger charge is 2.23. The van der Waals surface area contributed by atoms with Gasteiger partial charge in [-0.25, -0.2) is 0 Å². The fraction of sp³-hybridized carbons (Fsp3) is 0.923. The first-order chi connectivity index (χ1) is 7.79. The number of carbonyl (C=O) groups is 1. The number of nitrogens with zero attached hydrogens (tertiary/aromatic N) is 2. The fourth-order valence-corrected chi connectivity index (χ4v) is 2.26. The number of amides is 1. The molecule has 17 heavy (non-hydrogen) atoms. The lowest BCUT2D eigenvalue weighted by Crippen LogP contribution is -2.41. The smallest absolute Gasteiger partial charge is 0.225 e. The van der Waals surface area contributed by atoms with Crippen molar-refractivity contribution in [1.29, 1.82) is 0 Å². The van der Waals surface area contributed by atoms with E-state index in [-0.39, 0.29) is 11.8 Å². The molecule has 100 valence electrons. The summed E-state index contributed by atoms with van der Waals surface area (Å²) in [6, 6.07) is 0. The molecule has 0 aromatic rings. The normalized spacial score (nSPS) is 19.5. The van der Waals surface area contributed by atoms with Crippen molar-refractivity contribution >= 4 is 5.91 Å². The standard InChI is InChI=1S/C13H26N2O2/c1-11(2)12(16)15-7-5-6-14(8-9-15)10-13(3,4)17/h11,17H,5-10H2,1-4H3. The van der Waals surface area contributed by atoms with Gasteiger partial charge in [0.05, 0.1) is 5.60 Å². The van der Waals surface area contributed by atoms with Crippen LogP contribution in [0.15, 0.2) is 0 Å². The molecule has 0 unspecified atom stereocenters. The Bertz CT molecular complexity index is 259. The second-order valence-electron chi connectivity index (χ2n) is 5.92.